The summed E-state index contributed by atoms with van der Waals surface area (Å²) in [4.78, 5) is 228. The first-order valence-corrected chi connectivity index (χ1v) is 38.5. The minimum Gasteiger partial charge on any atom is -0.508 e. The van der Waals surface area contributed by atoms with Gasteiger partial charge in [-0.15, -0.1) is 0 Å². The maximum atomic E-state index is 14.5. The molecule has 0 radical (unpaired) electrons. The van der Waals surface area contributed by atoms with E-state index in [4.69, 9.17) is 22.9 Å². The van der Waals surface area contributed by atoms with E-state index in [0.717, 1.165) is 10.9 Å². The summed E-state index contributed by atoms with van der Waals surface area (Å²) in [5.41, 5.74) is 24.6. The summed E-state index contributed by atoms with van der Waals surface area (Å²) >= 11 is 0. The van der Waals surface area contributed by atoms with Crippen molar-refractivity contribution in [2.24, 2.45) is 46.6 Å². The molecule has 40 heteroatoms. The second-order valence-electron chi connectivity index (χ2n) is 30.2. The number of aromatic nitrogens is 3. The fourth-order valence-corrected chi connectivity index (χ4v) is 12.1. The predicted octanol–water partition coefficient (Wildman–Crippen LogP) is -5.30. The summed E-state index contributed by atoms with van der Waals surface area (Å²) in [5, 5.41) is 66.8. The second kappa shape index (κ2) is 48.5. The third-order valence-electron chi connectivity index (χ3n) is 18.1. The first-order valence-electron chi connectivity index (χ1n) is 38.5. The zero-order chi connectivity index (χ0) is 86.6. The van der Waals surface area contributed by atoms with E-state index < -0.39 is 206 Å². The van der Waals surface area contributed by atoms with Crippen molar-refractivity contribution >= 4 is 105 Å². The van der Waals surface area contributed by atoms with E-state index in [0.29, 0.717) is 36.2 Å². The van der Waals surface area contributed by atoms with Gasteiger partial charge in [0.05, 0.1) is 45.1 Å². The standard InChI is InChI=1S/C76H117N21O19/c1-38(2)23-52(67(107)84-35-62(103)87-50(17-13-14-22-77)68(108)90-51(65(80)105)29-46-33-81-37-85-46)91-69(109)53(24-39(3)4)92-70(110)54(25-40(5)6)93-72(112)56(27-44-18-20-47(100)21-19-44)89-63(104)34-83-66(106)42(9)86-75(115)59(36-98)96-73(113)58(30-60(79)101)94-71(111)55(26-41(7)8)95-76(116)64(43(10)99)97-74(114)57(88-61(102)31-78)28-45-32-82-49-16-12-11-15-48(45)49/h11-12,15-16,18-21,32-33,37-43,50-59,64,82,98-100H,13-14,17,22-31,34-36,77-78H2,1-10H3,(H2,79,101)(H2,80,105)(H,81,85)(H,83,106)(H,84,107)(H,86,115)(H,87,103)(H,88,102)(H,89,104)(H,90,108)(H,91,109)(H,92,110)(H,93,112)(H,94,111)(H,95,116)(H,96,113)(H,97,114)/t42-,43?,50+,51+,52-,53-,54-,55-,56-,57-,58-,59-,64-/m0/s1. The summed E-state index contributed by atoms with van der Waals surface area (Å²) in [6.45, 7) is 13.5. The Kier molecular flexibility index (Phi) is 40.5. The topological polar surface area (TPSA) is 651 Å². The Morgan fingerprint density at radius 1 is 0.448 bits per heavy atom. The van der Waals surface area contributed by atoms with E-state index in [1.165, 1.54) is 50.6 Å². The first-order chi connectivity index (χ1) is 54.7. The molecule has 0 aliphatic rings. The normalized spacial score (nSPS) is 14.7. The van der Waals surface area contributed by atoms with Crippen LogP contribution in [0.4, 0.5) is 0 Å². The minimum atomic E-state index is -1.88. The van der Waals surface area contributed by atoms with Crippen molar-refractivity contribution in [2.45, 2.75) is 218 Å². The Morgan fingerprint density at radius 3 is 1.40 bits per heavy atom. The molecule has 2 aromatic carbocycles. The average molecular weight is 1630 g/mol. The van der Waals surface area contributed by atoms with Crippen molar-refractivity contribution in [3.63, 3.8) is 0 Å². The van der Waals surface area contributed by atoms with Crippen molar-refractivity contribution in [3.8, 4) is 5.75 Å². The number of phenolic OH excluding ortho intramolecular Hbond substituents is 1. The number of rotatable bonds is 51. The van der Waals surface area contributed by atoms with Crippen molar-refractivity contribution < 1.29 is 92.0 Å². The number of carbonyl (C=O) groups is 16. The Balaban J connectivity index is 1.43. The summed E-state index contributed by atoms with van der Waals surface area (Å²) in [6.07, 6.45) is 2.59. The van der Waals surface area contributed by atoms with Crippen molar-refractivity contribution in [1.29, 1.82) is 0 Å². The molecule has 0 aliphatic heterocycles. The third-order valence-corrected chi connectivity index (χ3v) is 18.1. The van der Waals surface area contributed by atoms with E-state index >= 15 is 0 Å². The van der Waals surface area contributed by atoms with Crippen LogP contribution >= 0.6 is 0 Å². The quantitative estimate of drug-likeness (QED) is 0.0184. The van der Waals surface area contributed by atoms with Gasteiger partial charge >= 0.3 is 0 Å². The van der Waals surface area contributed by atoms with Gasteiger partial charge in [0.2, 0.25) is 94.5 Å². The predicted molar refractivity (Wildman–Crippen MR) is 423 cm³/mol. The lowest BCUT2D eigenvalue weighted by atomic mass is 9.98. The van der Waals surface area contributed by atoms with Crippen LogP contribution in [-0.2, 0) is 96.0 Å². The highest BCUT2D eigenvalue weighted by molar-refractivity contribution is 6.01. The highest BCUT2D eigenvalue weighted by atomic mass is 16.3. The zero-order valence-corrected chi connectivity index (χ0v) is 67.1. The summed E-state index contributed by atoms with van der Waals surface area (Å²) in [6, 6.07) is -4.93. The van der Waals surface area contributed by atoms with Gasteiger partial charge in [-0.2, -0.15) is 0 Å². The lowest BCUT2D eigenvalue weighted by Crippen LogP contribution is -2.62. The number of aliphatic hydroxyl groups excluding tert-OH is 2. The number of benzene rings is 2. The van der Waals surface area contributed by atoms with Gasteiger partial charge in [0.25, 0.3) is 0 Å². The van der Waals surface area contributed by atoms with Crippen LogP contribution in [0.25, 0.3) is 10.9 Å². The molecule has 0 spiro atoms. The fourth-order valence-electron chi connectivity index (χ4n) is 12.1. The SMILES string of the molecule is CC(C)C[C@H](NC(=O)[C@H](CC(C)C)NC(=O)[C@H](CC(C)C)NC(=O)[C@H](Cc1ccc(O)cc1)NC(=O)CNC(=O)[C@H](C)NC(=O)[C@H](CO)NC(=O)[C@H](CC(N)=O)NC(=O)[C@H](CC(C)C)NC(=O)[C@@H](NC(=O)[C@H](Cc1c[nH]c2ccccc12)NC(=O)CN)C(C)O)C(=O)NCC(=O)N[C@H](CCCCN)C(=O)N[C@H](Cc1cnc[nH]1)C(N)=O. The Morgan fingerprint density at radius 2 is 0.897 bits per heavy atom. The van der Waals surface area contributed by atoms with Crippen molar-refractivity contribution in [1.82, 2.24) is 89.4 Å². The van der Waals surface area contributed by atoms with Crippen LogP contribution in [0.3, 0.4) is 0 Å². The number of nitrogens with two attached hydrogens (primary N) is 4. The fraction of sp³-hybridized carbons (Fsp3) is 0.566. The minimum absolute atomic E-state index is 0.0136. The number of nitrogens with zero attached hydrogens (tertiary/aromatic N) is 1. The van der Waals surface area contributed by atoms with Gasteiger partial charge in [-0.1, -0.05) is 85.7 Å². The Bertz CT molecular complexity index is 3980. The molecule has 2 heterocycles. The number of phenols is 1. The van der Waals surface area contributed by atoms with Gasteiger partial charge in [-0.25, -0.2) is 4.98 Å². The third kappa shape index (κ3) is 33.8. The van der Waals surface area contributed by atoms with Gasteiger partial charge in [0, 0.05) is 48.3 Å². The molecule has 4 aromatic rings. The van der Waals surface area contributed by atoms with Gasteiger partial charge in [0.1, 0.15) is 78.3 Å². The van der Waals surface area contributed by atoms with Gasteiger partial charge in [-0.05, 0) is 118 Å². The molecule has 0 saturated heterocycles. The number of amides is 16. The number of fused-ring (bicyclic) bond motifs is 1. The average Bonchev–Trinajstić information content (AvgIpc) is 1.68. The molecular formula is C76H117N21O19. The molecule has 1 unspecified atom stereocenters. The van der Waals surface area contributed by atoms with Crippen LogP contribution in [0.15, 0.2) is 67.3 Å². The van der Waals surface area contributed by atoms with E-state index in [1.54, 1.807) is 85.9 Å². The highest BCUT2D eigenvalue weighted by Gasteiger charge is 2.38. The maximum Gasteiger partial charge on any atom is 0.245 e. The van der Waals surface area contributed by atoms with Gasteiger partial charge < -0.3 is 123 Å². The van der Waals surface area contributed by atoms with Crippen LogP contribution < -0.4 is 97.4 Å². The van der Waals surface area contributed by atoms with Gasteiger partial charge in [0.15, 0.2) is 0 Å². The van der Waals surface area contributed by atoms with Crippen molar-refractivity contribution in [3.05, 3.63) is 84.1 Å². The van der Waals surface area contributed by atoms with E-state index in [-0.39, 0.29) is 80.8 Å². The molecule has 0 saturated carbocycles. The smallest absolute Gasteiger partial charge is 0.245 e. The molecule has 640 valence electrons. The van der Waals surface area contributed by atoms with Gasteiger partial charge in [-0.3, -0.25) is 76.7 Å². The Labute approximate surface area is 671 Å². The number of hydrogen-bond donors (Lipinski definition) is 23. The number of nitrogens with one attached hydrogen (secondary N) is 16. The molecule has 116 heavy (non-hydrogen) atoms. The number of H-pyrrole nitrogens is 2. The number of hydrogen-bond acceptors (Lipinski definition) is 22. The molecule has 27 N–H and O–H groups in total. The van der Waals surface area contributed by atoms with E-state index in [2.05, 4.69) is 89.4 Å². The lowest BCUT2D eigenvalue weighted by molar-refractivity contribution is -0.137. The number of para-hydroxylation sites is 1. The van der Waals surface area contributed by atoms with Crippen molar-refractivity contribution in [2.75, 3.05) is 32.8 Å². The highest BCUT2D eigenvalue weighted by Crippen LogP contribution is 2.21. The molecule has 40 nitrogen and oxygen atoms in total. The van der Waals surface area contributed by atoms with E-state index in [9.17, 15) is 92.0 Å². The van der Waals surface area contributed by atoms with Crippen LogP contribution in [0.1, 0.15) is 137 Å². The summed E-state index contributed by atoms with van der Waals surface area (Å²) in [7, 11) is 0. The second-order valence-corrected chi connectivity index (χ2v) is 30.2. The van der Waals surface area contributed by atoms with Crippen LogP contribution in [-0.4, -0.2) is 236 Å². The molecule has 2 aromatic heterocycles. The number of primary amides is 2. The molecular weight excluding hydrogens is 1510 g/mol. The molecule has 13 atom stereocenters. The summed E-state index contributed by atoms with van der Waals surface area (Å²) < 4.78 is 0. The number of aromatic hydroxyl groups is 1. The Hall–Kier alpha value is -11.6. The number of aliphatic hydroxyl groups is 2. The number of imidazole rings is 1. The largest absolute Gasteiger partial charge is 0.508 e. The van der Waals surface area contributed by atoms with Crippen LogP contribution in [0, 0.1) is 23.7 Å². The number of unbranched alkanes of at least 4 members (excludes halogenated alkanes) is 1. The first kappa shape index (κ1) is 96.7. The molecule has 16 amide bonds. The zero-order valence-electron chi connectivity index (χ0n) is 67.1. The van der Waals surface area contributed by atoms with Crippen LogP contribution in [0.2, 0.25) is 0 Å². The molecule has 0 bridgehead atoms. The monoisotopic (exact) mass is 1630 g/mol. The number of aromatic amines is 2. The molecule has 0 fully saturated rings. The maximum absolute atomic E-state index is 14.5. The van der Waals surface area contributed by atoms with Crippen LogP contribution in [0.5, 0.6) is 5.75 Å². The molecule has 4 rings (SSSR count). The molecule has 0 aliphatic carbocycles. The van der Waals surface area contributed by atoms with E-state index in [1.807, 2.05) is 0 Å². The summed E-state index contributed by atoms with van der Waals surface area (Å²) in [5.74, 6) is -16.2. The number of carbonyl (C=O) groups excluding carboxylic acids is 16. The lowest BCUT2D eigenvalue weighted by Gasteiger charge is -2.28.